The fourth-order valence-corrected chi connectivity index (χ4v) is 11.5. The number of amides is 3. The Morgan fingerprint density at radius 3 is 2.16 bits per heavy atom. The van der Waals surface area contributed by atoms with E-state index in [0.29, 0.717) is 64.6 Å². The highest BCUT2D eigenvalue weighted by Gasteiger charge is 2.69. The molecule has 23 heteroatoms. The molecule has 2 saturated carbocycles. The van der Waals surface area contributed by atoms with Crippen LogP contribution in [0, 0.1) is 11.3 Å². The maximum atomic E-state index is 15.1. The summed E-state index contributed by atoms with van der Waals surface area (Å²) in [7, 11) is -3.18. The molecule has 2 aliphatic carbocycles. The summed E-state index contributed by atoms with van der Waals surface area (Å²) in [5.41, 5.74) is 0.732. The summed E-state index contributed by atoms with van der Waals surface area (Å²) in [4.78, 5) is 79.5. The molecular weight excluding hydrogens is 988 g/mol. The van der Waals surface area contributed by atoms with Crippen molar-refractivity contribution in [3.05, 3.63) is 42.3 Å². The zero-order chi connectivity index (χ0) is 52.9. The molecule has 2 aromatic heterocycles. The minimum atomic E-state index is -4.73. The standard InChI is InChI=1S/C50H71N6O15PS/c1-10-13-21-64-47(60)66-29-68-72(62,69-30-67-48(61)65-22-14-11-2)50(26-32(50)12-3)55-43(57)40-24-35(27-56(40)44(58)42(49(6,7)8)54-46(59)71-33-17-15-16-18-33)70-41-25-38(39-28-73-45(53-39)51-31(4)5)52-37-23-34(63-9)19-20-36(37)41/h12,19-20,23,25,28,31-33,35,40,42H,3,10-11,13-18,21-22,24,26-27,29-30H2,1-2,4-9H3,(H,51,53)(H,54,59)(H,55,57)/t32-,35?,40+,42-,50+/m1/s1. The van der Waals surface area contributed by atoms with Crippen LogP contribution in [0.5, 0.6) is 11.5 Å². The van der Waals surface area contributed by atoms with Crippen LogP contribution in [-0.2, 0) is 46.9 Å². The normalized spacial score (nSPS) is 20.2. The Labute approximate surface area is 430 Å². The Morgan fingerprint density at radius 1 is 0.932 bits per heavy atom. The maximum absolute atomic E-state index is 15.1. The van der Waals surface area contributed by atoms with Gasteiger partial charge in [-0.1, -0.05) is 53.5 Å². The monoisotopic (exact) mass is 1060 g/mol. The van der Waals surface area contributed by atoms with Crippen LogP contribution in [0.2, 0.25) is 0 Å². The second-order valence-electron chi connectivity index (χ2n) is 19.6. The van der Waals surface area contributed by atoms with E-state index >= 15 is 14.2 Å². The van der Waals surface area contributed by atoms with Crippen molar-refractivity contribution in [3.63, 3.8) is 0 Å². The highest BCUT2D eigenvalue weighted by Crippen LogP contribution is 2.73. The molecule has 3 aliphatic rings. The second-order valence-corrected chi connectivity index (χ2v) is 22.8. The molecule has 5 atom stereocenters. The van der Waals surface area contributed by atoms with Gasteiger partial charge in [0, 0.05) is 41.3 Å². The van der Waals surface area contributed by atoms with Crippen LogP contribution in [-0.4, -0.2) is 121 Å². The number of ether oxygens (including phenoxy) is 7. The molecule has 3 amide bonds. The van der Waals surface area contributed by atoms with Crippen LogP contribution in [0.25, 0.3) is 22.3 Å². The minimum Gasteiger partial charge on any atom is -0.497 e. The van der Waals surface area contributed by atoms with Crippen LogP contribution in [0.1, 0.15) is 113 Å². The summed E-state index contributed by atoms with van der Waals surface area (Å²) >= 11 is 1.43. The van der Waals surface area contributed by atoms with Gasteiger partial charge in [0.1, 0.15) is 46.8 Å². The van der Waals surface area contributed by atoms with Crippen molar-refractivity contribution in [2.75, 3.05) is 45.8 Å². The number of hydrogen-bond donors (Lipinski definition) is 3. The van der Waals surface area contributed by atoms with Gasteiger partial charge in [-0.3, -0.25) is 23.2 Å². The molecule has 1 unspecified atom stereocenters. The van der Waals surface area contributed by atoms with Gasteiger partial charge >= 0.3 is 26.0 Å². The number of anilines is 1. The zero-order valence-electron chi connectivity index (χ0n) is 43.1. The predicted molar refractivity (Wildman–Crippen MR) is 271 cm³/mol. The summed E-state index contributed by atoms with van der Waals surface area (Å²) in [6.45, 7) is 15.2. The van der Waals surface area contributed by atoms with Crippen molar-refractivity contribution in [2.24, 2.45) is 11.3 Å². The van der Waals surface area contributed by atoms with Gasteiger partial charge in [-0.15, -0.1) is 17.9 Å². The van der Waals surface area contributed by atoms with Crippen LogP contribution < -0.4 is 25.4 Å². The third-order valence-corrected chi connectivity index (χ3v) is 15.9. The number of carbonyl (C=O) groups excluding carboxylic acids is 5. The summed E-state index contributed by atoms with van der Waals surface area (Å²) < 4.78 is 64.9. The Morgan fingerprint density at radius 2 is 1.59 bits per heavy atom. The maximum Gasteiger partial charge on any atom is 0.510 e. The fraction of sp³-hybridized carbons (Fsp3) is 0.620. The lowest BCUT2D eigenvalue weighted by molar-refractivity contribution is -0.142. The number of methoxy groups -OCH3 is 1. The molecule has 0 bridgehead atoms. The third-order valence-electron chi connectivity index (χ3n) is 12.6. The molecule has 402 valence electrons. The van der Waals surface area contributed by atoms with Crippen molar-refractivity contribution < 1.29 is 70.7 Å². The summed E-state index contributed by atoms with van der Waals surface area (Å²) in [6.07, 6.45) is 3.12. The van der Waals surface area contributed by atoms with E-state index in [2.05, 4.69) is 22.5 Å². The summed E-state index contributed by atoms with van der Waals surface area (Å²) in [5.74, 6) is -1.20. The minimum absolute atomic E-state index is 0.0402. The molecule has 73 heavy (non-hydrogen) atoms. The molecule has 1 saturated heterocycles. The number of nitrogens with one attached hydrogen (secondary N) is 3. The first-order valence-corrected chi connectivity index (χ1v) is 27.3. The molecule has 1 aromatic carbocycles. The van der Waals surface area contributed by atoms with Crippen LogP contribution >= 0.6 is 18.9 Å². The quantitative estimate of drug-likeness (QED) is 0.0178. The van der Waals surface area contributed by atoms with Gasteiger partial charge < -0.3 is 54.0 Å². The van der Waals surface area contributed by atoms with Gasteiger partial charge in [-0.05, 0) is 76.3 Å². The number of rotatable bonds is 25. The number of pyridine rings is 1. The van der Waals surface area contributed by atoms with E-state index in [1.165, 1.54) is 22.3 Å². The van der Waals surface area contributed by atoms with Crippen molar-refractivity contribution in [1.29, 1.82) is 0 Å². The Hall–Kier alpha value is -5.70. The first-order valence-electron chi connectivity index (χ1n) is 24.9. The molecule has 3 heterocycles. The van der Waals surface area contributed by atoms with Crippen molar-refractivity contribution >= 4 is 65.2 Å². The number of likely N-dealkylation sites (tertiary alicyclic amines) is 1. The highest BCUT2D eigenvalue weighted by atomic mass is 32.1. The van der Waals surface area contributed by atoms with Crippen LogP contribution in [0.3, 0.4) is 0 Å². The molecule has 0 radical (unpaired) electrons. The summed E-state index contributed by atoms with van der Waals surface area (Å²) in [5, 5.41) is 10.3. The van der Waals surface area contributed by atoms with E-state index < -0.39 is 86.2 Å². The zero-order valence-corrected chi connectivity index (χ0v) is 44.8. The van der Waals surface area contributed by atoms with Gasteiger partial charge in [0.05, 0.1) is 38.1 Å². The molecule has 3 N–H and O–H groups in total. The number of thiazole rings is 1. The number of unbranched alkanes of at least 4 members (excludes halogenated alkanes) is 2. The highest BCUT2D eigenvalue weighted by molar-refractivity contribution is 7.56. The Kier molecular flexibility index (Phi) is 19.8. The predicted octanol–water partition coefficient (Wildman–Crippen LogP) is 9.69. The molecule has 3 aromatic rings. The first kappa shape index (κ1) is 56.6. The Balaban J connectivity index is 1.34. The van der Waals surface area contributed by atoms with E-state index in [1.807, 2.05) is 33.1 Å². The van der Waals surface area contributed by atoms with Crippen molar-refractivity contribution in [1.82, 2.24) is 25.5 Å². The van der Waals surface area contributed by atoms with Crippen LogP contribution in [0.15, 0.2) is 42.3 Å². The number of hydrogen-bond acceptors (Lipinski definition) is 19. The van der Waals surface area contributed by atoms with Gasteiger partial charge in [0.2, 0.25) is 25.4 Å². The van der Waals surface area contributed by atoms with E-state index in [4.69, 9.17) is 52.2 Å². The number of benzene rings is 1. The van der Waals surface area contributed by atoms with Crippen LogP contribution in [0.4, 0.5) is 19.5 Å². The van der Waals surface area contributed by atoms with Crippen molar-refractivity contribution in [2.45, 2.75) is 148 Å². The van der Waals surface area contributed by atoms with Gasteiger partial charge in [-0.2, -0.15) is 0 Å². The second kappa shape index (κ2) is 25.5. The average molecular weight is 1060 g/mol. The molecule has 0 spiro atoms. The van der Waals surface area contributed by atoms with E-state index in [1.54, 1.807) is 52.1 Å². The largest absolute Gasteiger partial charge is 0.510 e. The summed E-state index contributed by atoms with van der Waals surface area (Å²) in [6, 6.07) is 4.73. The fourth-order valence-electron chi connectivity index (χ4n) is 8.53. The molecule has 6 rings (SSSR count). The Bertz CT molecular complexity index is 2430. The van der Waals surface area contributed by atoms with Gasteiger partial charge in [0.15, 0.2) is 5.13 Å². The molecule has 3 fully saturated rings. The SMILES string of the molecule is C=C[C@@H]1C[C@]1(NC(=O)[C@@H]1CC(Oc2cc(-c3csc(NC(C)C)n3)nc3cc(OC)ccc23)CN1C(=O)[C@@H](NC(=O)OC1CCCC1)C(C)(C)C)P(=O)(OCOC(=O)OCCCC)OCOC(=O)OCCCC. The number of carbonyl (C=O) groups is 5. The molecule has 21 nitrogen and oxygen atoms in total. The third kappa shape index (κ3) is 14.8. The van der Waals surface area contributed by atoms with Gasteiger partial charge in [0.25, 0.3) is 0 Å². The first-order chi connectivity index (χ1) is 34.8. The van der Waals surface area contributed by atoms with Gasteiger partial charge in [-0.25, -0.2) is 24.4 Å². The van der Waals surface area contributed by atoms with E-state index in [-0.39, 0.29) is 44.7 Å². The lowest BCUT2D eigenvalue weighted by atomic mass is 9.85. The average Bonchev–Trinajstić information content (AvgIpc) is 3.74. The number of alkyl carbamates (subject to hydrolysis) is 1. The number of nitrogens with zero attached hydrogens (tertiary/aromatic N) is 3. The smallest absolute Gasteiger partial charge is 0.497 e. The number of fused-ring (bicyclic) bond motifs is 1. The molecule has 1 aliphatic heterocycles. The lowest BCUT2D eigenvalue weighted by Crippen LogP contribution is -2.58. The molecular formula is C50H71N6O15PS. The van der Waals surface area contributed by atoms with E-state index in [0.717, 1.165) is 25.7 Å². The number of aromatic nitrogens is 2. The van der Waals surface area contributed by atoms with E-state index in [9.17, 15) is 14.4 Å². The van der Waals surface area contributed by atoms with Crippen molar-refractivity contribution in [3.8, 4) is 22.9 Å². The lowest BCUT2D eigenvalue weighted by Gasteiger charge is -2.36. The topological polar surface area (TPSA) is 251 Å².